The number of hydrogen-bond acceptors (Lipinski definition) is 2. The highest BCUT2D eigenvalue weighted by Gasteiger charge is 2.13. The molecule has 3 heteroatoms. The van der Waals surface area contributed by atoms with Crippen molar-refractivity contribution < 1.29 is 0 Å². The molecule has 1 heterocycles. The van der Waals surface area contributed by atoms with Gasteiger partial charge in [-0.2, -0.15) is 5.10 Å². The van der Waals surface area contributed by atoms with Crippen LogP contribution in [0.15, 0.2) is 36.7 Å². The van der Waals surface area contributed by atoms with Crippen molar-refractivity contribution in [3.63, 3.8) is 0 Å². The Morgan fingerprint density at radius 3 is 2.32 bits per heavy atom. The lowest BCUT2D eigenvalue weighted by Crippen LogP contribution is -2.21. The van der Waals surface area contributed by atoms with Gasteiger partial charge in [-0.15, -0.1) is 0 Å². The van der Waals surface area contributed by atoms with Gasteiger partial charge in [0.25, 0.3) is 0 Å². The molecule has 2 rings (SSSR count). The minimum atomic E-state index is 0.0427. The fraction of sp³-hybridized carbons (Fsp3) is 0.438. The van der Waals surface area contributed by atoms with Crippen LogP contribution in [0.4, 0.5) is 5.69 Å². The van der Waals surface area contributed by atoms with E-state index >= 15 is 0 Å². The van der Waals surface area contributed by atoms with E-state index in [4.69, 9.17) is 0 Å². The number of aromatic nitrogens is 2. The fourth-order valence-electron chi connectivity index (χ4n) is 1.88. The Morgan fingerprint density at radius 1 is 1.11 bits per heavy atom. The van der Waals surface area contributed by atoms with Gasteiger partial charge in [0.2, 0.25) is 0 Å². The summed E-state index contributed by atoms with van der Waals surface area (Å²) in [6, 6.07) is 8.60. The average molecular weight is 257 g/mol. The summed E-state index contributed by atoms with van der Waals surface area (Å²) in [5.41, 5.74) is 3.77. The van der Waals surface area contributed by atoms with E-state index in [1.165, 1.54) is 11.1 Å². The Morgan fingerprint density at radius 2 is 1.79 bits per heavy atom. The lowest BCUT2D eigenvalue weighted by atomic mass is 10.1. The second kappa shape index (κ2) is 5.47. The smallest absolute Gasteiger partial charge is 0.0543 e. The van der Waals surface area contributed by atoms with E-state index < -0.39 is 0 Å². The fourth-order valence-corrected chi connectivity index (χ4v) is 1.88. The van der Waals surface area contributed by atoms with Crippen molar-refractivity contribution in [1.29, 1.82) is 0 Å². The number of hydrogen-bond donors (Lipinski definition) is 1. The Hall–Kier alpha value is -1.77. The van der Waals surface area contributed by atoms with Crippen LogP contribution in [0.1, 0.15) is 38.8 Å². The quantitative estimate of drug-likeness (QED) is 0.902. The summed E-state index contributed by atoms with van der Waals surface area (Å²) in [4.78, 5) is 0. The van der Waals surface area contributed by atoms with Crippen LogP contribution in [0.3, 0.4) is 0 Å². The summed E-state index contributed by atoms with van der Waals surface area (Å²) in [5, 5.41) is 7.83. The molecule has 0 fully saturated rings. The van der Waals surface area contributed by atoms with Gasteiger partial charge in [0.05, 0.1) is 11.7 Å². The predicted octanol–water partition coefficient (Wildman–Crippen LogP) is 3.81. The molecule has 19 heavy (non-hydrogen) atoms. The molecule has 0 saturated carbocycles. The molecule has 0 spiro atoms. The number of rotatable bonds is 4. The van der Waals surface area contributed by atoms with Crippen LogP contribution < -0.4 is 5.32 Å². The predicted molar refractivity (Wildman–Crippen MR) is 80.4 cm³/mol. The highest BCUT2D eigenvalue weighted by atomic mass is 15.3. The largest absolute Gasteiger partial charge is 0.381 e. The second-order valence-corrected chi connectivity index (χ2v) is 5.87. The first-order chi connectivity index (χ1) is 8.99. The number of nitrogens with zero attached hydrogens (tertiary/aromatic N) is 2. The third-order valence-electron chi connectivity index (χ3n) is 3.18. The third kappa shape index (κ3) is 3.60. The lowest BCUT2D eigenvalue weighted by molar-refractivity contribution is 0.355. The van der Waals surface area contributed by atoms with Gasteiger partial charge in [-0.05, 0) is 44.9 Å². The summed E-state index contributed by atoms with van der Waals surface area (Å²) in [6.45, 7) is 9.44. The molecular weight excluding hydrogens is 234 g/mol. The Bertz CT molecular complexity index is 518. The maximum Gasteiger partial charge on any atom is 0.0543 e. The van der Waals surface area contributed by atoms with Crippen LogP contribution in [-0.4, -0.2) is 9.78 Å². The van der Waals surface area contributed by atoms with Gasteiger partial charge in [0.15, 0.2) is 0 Å². The molecule has 0 aliphatic heterocycles. The van der Waals surface area contributed by atoms with Crippen molar-refractivity contribution >= 4 is 5.69 Å². The third-order valence-corrected chi connectivity index (χ3v) is 3.18. The Labute approximate surface area is 115 Å². The van der Waals surface area contributed by atoms with Gasteiger partial charge in [-0.25, -0.2) is 0 Å². The highest BCUT2D eigenvalue weighted by molar-refractivity contribution is 5.44. The standard InChI is InChI=1S/C16H23N3/c1-5-13-6-8-15(9-7-13)17-10-14-11-18-19(12-14)16(2,3)4/h6-9,11-12,17H,5,10H2,1-4H3. The second-order valence-electron chi connectivity index (χ2n) is 5.87. The van der Waals surface area contributed by atoms with Crippen LogP contribution in [0.25, 0.3) is 0 Å². The van der Waals surface area contributed by atoms with E-state index in [1.807, 2.05) is 10.9 Å². The highest BCUT2D eigenvalue weighted by Crippen LogP contribution is 2.15. The number of nitrogens with one attached hydrogen (secondary N) is 1. The topological polar surface area (TPSA) is 29.9 Å². The monoisotopic (exact) mass is 257 g/mol. The minimum absolute atomic E-state index is 0.0427. The van der Waals surface area contributed by atoms with Crippen LogP contribution >= 0.6 is 0 Å². The number of benzene rings is 1. The van der Waals surface area contributed by atoms with E-state index in [0.29, 0.717) is 0 Å². The van der Waals surface area contributed by atoms with Gasteiger partial charge in [0, 0.05) is 24.0 Å². The summed E-state index contributed by atoms with van der Waals surface area (Å²) in [5.74, 6) is 0. The van der Waals surface area contributed by atoms with Crippen LogP contribution in [0.5, 0.6) is 0 Å². The molecular formula is C16H23N3. The average Bonchev–Trinajstić information content (AvgIpc) is 2.86. The van der Waals surface area contributed by atoms with E-state index in [1.54, 1.807) is 0 Å². The van der Waals surface area contributed by atoms with Crippen molar-refractivity contribution in [3.8, 4) is 0 Å². The molecule has 0 unspecified atom stereocenters. The van der Waals surface area contributed by atoms with E-state index in [0.717, 1.165) is 18.7 Å². The Balaban J connectivity index is 1.96. The maximum absolute atomic E-state index is 4.40. The molecule has 0 atom stereocenters. The first kappa shape index (κ1) is 13.7. The molecule has 1 N–H and O–H groups in total. The van der Waals surface area contributed by atoms with Gasteiger partial charge >= 0.3 is 0 Å². The first-order valence-electron chi connectivity index (χ1n) is 6.86. The van der Waals surface area contributed by atoms with Gasteiger partial charge in [-0.3, -0.25) is 4.68 Å². The molecule has 102 valence electrons. The normalized spacial score (nSPS) is 11.6. The van der Waals surface area contributed by atoms with E-state index in [2.05, 4.69) is 68.6 Å². The van der Waals surface area contributed by atoms with Crippen molar-refractivity contribution in [3.05, 3.63) is 47.8 Å². The number of aryl methyl sites for hydroxylation is 1. The van der Waals surface area contributed by atoms with Gasteiger partial charge < -0.3 is 5.32 Å². The molecule has 0 aliphatic rings. The molecule has 2 aromatic rings. The van der Waals surface area contributed by atoms with Gasteiger partial charge in [0.1, 0.15) is 0 Å². The zero-order chi connectivity index (χ0) is 13.9. The number of anilines is 1. The molecule has 0 radical (unpaired) electrons. The van der Waals surface area contributed by atoms with Gasteiger partial charge in [-0.1, -0.05) is 19.1 Å². The van der Waals surface area contributed by atoms with E-state index in [9.17, 15) is 0 Å². The molecule has 0 aliphatic carbocycles. The molecule has 0 bridgehead atoms. The minimum Gasteiger partial charge on any atom is -0.381 e. The SMILES string of the molecule is CCc1ccc(NCc2cnn(C(C)(C)C)c2)cc1. The zero-order valence-electron chi connectivity index (χ0n) is 12.3. The van der Waals surface area contributed by atoms with Crippen molar-refractivity contribution in [2.75, 3.05) is 5.32 Å². The van der Waals surface area contributed by atoms with Crippen molar-refractivity contribution in [1.82, 2.24) is 9.78 Å². The summed E-state index contributed by atoms with van der Waals surface area (Å²) >= 11 is 0. The van der Waals surface area contributed by atoms with Crippen LogP contribution in [0, 0.1) is 0 Å². The summed E-state index contributed by atoms with van der Waals surface area (Å²) < 4.78 is 2.00. The zero-order valence-corrected chi connectivity index (χ0v) is 12.3. The maximum atomic E-state index is 4.40. The molecule has 1 aromatic carbocycles. The molecule has 0 saturated heterocycles. The molecule has 0 amide bonds. The summed E-state index contributed by atoms with van der Waals surface area (Å²) in [7, 11) is 0. The summed E-state index contributed by atoms with van der Waals surface area (Å²) in [6.07, 6.45) is 5.12. The van der Waals surface area contributed by atoms with E-state index in [-0.39, 0.29) is 5.54 Å². The first-order valence-corrected chi connectivity index (χ1v) is 6.86. The van der Waals surface area contributed by atoms with Crippen molar-refractivity contribution in [2.45, 2.75) is 46.2 Å². The molecule has 3 nitrogen and oxygen atoms in total. The van der Waals surface area contributed by atoms with Crippen LogP contribution in [-0.2, 0) is 18.5 Å². The van der Waals surface area contributed by atoms with Crippen molar-refractivity contribution in [2.24, 2.45) is 0 Å². The van der Waals surface area contributed by atoms with Crippen LogP contribution in [0.2, 0.25) is 0 Å². The Kier molecular flexibility index (Phi) is 3.93. The lowest BCUT2D eigenvalue weighted by Gasteiger charge is -2.18. The molecule has 1 aromatic heterocycles.